The summed E-state index contributed by atoms with van der Waals surface area (Å²) in [5.41, 5.74) is 9.49. The standard InChI is InChI=1S/C16H18N2O3/c1-20-10-12-5-3-4-6-14(12)18-15-9-11(16(19)21-2)7-8-13(15)17/h3-9,18H,10,17H2,1-2H3. The molecule has 0 aliphatic carbocycles. The van der Waals surface area contributed by atoms with Crippen LogP contribution < -0.4 is 11.1 Å². The van der Waals surface area contributed by atoms with Gasteiger partial charge in [-0.25, -0.2) is 4.79 Å². The summed E-state index contributed by atoms with van der Waals surface area (Å²) in [6.45, 7) is 0.486. The number of nitrogen functional groups attached to an aromatic ring is 1. The summed E-state index contributed by atoms with van der Waals surface area (Å²) in [5, 5.41) is 3.23. The first-order valence-corrected chi connectivity index (χ1v) is 6.47. The summed E-state index contributed by atoms with van der Waals surface area (Å²) < 4.78 is 9.89. The third-order valence-electron chi connectivity index (χ3n) is 3.06. The minimum atomic E-state index is -0.400. The van der Waals surface area contributed by atoms with Crippen molar-refractivity contribution < 1.29 is 14.3 Å². The van der Waals surface area contributed by atoms with Gasteiger partial charge in [-0.15, -0.1) is 0 Å². The van der Waals surface area contributed by atoms with Gasteiger partial charge in [-0.05, 0) is 24.3 Å². The van der Waals surface area contributed by atoms with E-state index in [1.165, 1.54) is 7.11 Å². The molecular formula is C16H18N2O3. The van der Waals surface area contributed by atoms with Gasteiger partial charge in [0, 0.05) is 18.4 Å². The van der Waals surface area contributed by atoms with Gasteiger partial charge in [0.25, 0.3) is 0 Å². The molecule has 0 radical (unpaired) electrons. The van der Waals surface area contributed by atoms with E-state index in [9.17, 15) is 4.79 Å². The van der Waals surface area contributed by atoms with Crippen LogP contribution in [0.4, 0.5) is 17.1 Å². The first kappa shape index (κ1) is 14.9. The zero-order valence-corrected chi connectivity index (χ0v) is 12.1. The predicted molar refractivity (Wildman–Crippen MR) is 82.6 cm³/mol. The van der Waals surface area contributed by atoms with Gasteiger partial charge in [-0.2, -0.15) is 0 Å². The summed E-state index contributed by atoms with van der Waals surface area (Å²) in [4.78, 5) is 11.6. The number of anilines is 3. The average molecular weight is 286 g/mol. The van der Waals surface area contributed by atoms with E-state index >= 15 is 0 Å². The van der Waals surface area contributed by atoms with Crippen molar-refractivity contribution in [2.45, 2.75) is 6.61 Å². The second-order valence-electron chi connectivity index (χ2n) is 4.51. The molecule has 0 bridgehead atoms. The van der Waals surface area contributed by atoms with E-state index in [-0.39, 0.29) is 0 Å². The first-order valence-electron chi connectivity index (χ1n) is 6.47. The number of esters is 1. The summed E-state index contributed by atoms with van der Waals surface area (Å²) in [6.07, 6.45) is 0. The van der Waals surface area contributed by atoms with E-state index in [0.717, 1.165) is 11.3 Å². The highest BCUT2D eigenvalue weighted by atomic mass is 16.5. The number of para-hydroxylation sites is 1. The third kappa shape index (κ3) is 3.52. The van der Waals surface area contributed by atoms with Crippen LogP contribution >= 0.6 is 0 Å². The smallest absolute Gasteiger partial charge is 0.337 e. The number of carbonyl (C=O) groups is 1. The van der Waals surface area contributed by atoms with Crippen molar-refractivity contribution in [3.63, 3.8) is 0 Å². The number of carbonyl (C=O) groups excluding carboxylic acids is 1. The second kappa shape index (κ2) is 6.76. The van der Waals surface area contributed by atoms with Crippen molar-refractivity contribution >= 4 is 23.0 Å². The van der Waals surface area contributed by atoms with Gasteiger partial charge in [0.15, 0.2) is 0 Å². The van der Waals surface area contributed by atoms with Crippen molar-refractivity contribution in [2.75, 3.05) is 25.3 Å². The van der Waals surface area contributed by atoms with Crippen LogP contribution in [0.2, 0.25) is 0 Å². The van der Waals surface area contributed by atoms with Crippen molar-refractivity contribution in [3.8, 4) is 0 Å². The molecule has 0 fully saturated rings. The molecule has 5 heteroatoms. The molecule has 0 amide bonds. The molecule has 3 N–H and O–H groups in total. The van der Waals surface area contributed by atoms with Gasteiger partial charge in [-0.3, -0.25) is 0 Å². The van der Waals surface area contributed by atoms with Crippen LogP contribution in [0.25, 0.3) is 0 Å². The number of benzene rings is 2. The molecular weight excluding hydrogens is 268 g/mol. The Hall–Kier alpha value is -2.53. The van der Waals surface area contributed by atoms with Crippen LogP contribution in [0, 0.1) is 0 Å². The third-order valence-corrected chi connectivity index (χ3v) is 3.06. The lowest BCUT2D eigenvalue weighted by atomic mass is 10.1. The average Bonchev–Trinajstić information content (AvgIpc) is 2.51. The molecule has 21 heavy (non-hydrogen) atoms. The van der Waals surface area contributed by atoms with Crippen LogP contribution in [0.15, 0.2) is 42.5 Å². The van der Waals surface area contributed by atoms with Gasteiger partial charge >= 0.3 is 5.97 Å². The highest BCUT2D eigenvalue weighted by Gasteiger charge is 2.10. The van der Waals surface area contributed by atoms with E-state index in [0.29, 0.717) is 23.5 Å². The molecule has 2 aromatic rings. The summed E-state index contributed by atoms with van der Waals surface area (Å²) >= 11 is 0. The Morgan fingerprint density at radius 1 is 1.14 bits per heavy atom. The molecule has 0 heterocycles. The van der Waals surface area contributed by atoms with Crippen LogP contribution in [0.5, 0.6) is 0 Å². The quantitative estimate of drug-likeness (QED) is 0.653. The van der Waals surface area contributed by atoms with Crippen LogP contribution in [-0.2, 0) is 16.1 Å². The first-order chi connectivity index (χ1) is 10.2. The van der Waals surface area contributed by atoms with Gasteiger partial charge < -0.3 is 20.5 Å². The maximum atomic E-state index is 11.6. The molecule has 0 atom stereocenters. The van der Waals surface area contributed by atoms with E-state index < -0.39 is 5.97 Å². The number of ether oxygens (including phenoxy) is 2. The minimum Gasteiger partial charge on any atom is -0.465 e. The Bertz CT molecular complexity index is 641. The Balaban J connectivity index is 2.33. The highest BCUT2D eigenvalue weighted by Crippen LogP contribution is 2.27. The highest BCUT2D eigenvalue weighted by molar-refractivity contribution is 5.92. The number of nitrogens with one attached hydrogen (secondary N) is 1. The van der Waals surface area contributed by atoms with E-state index in [1.807, 2.05) is 24.3 Å². The fraction of sp³-hybridized carbons (Fsp3) is 0.188. The van der Waals surface area contributed by atoms with Gasteiger partial charge in [0.05, 0.1) is 30.7 Å². The van der Waals surface area contributed by atoms with Crippen molar-refractivity contribution in [1.29, 1.82) is 0 Å². The van der Waals surface area contributed by atoms with E-state index in [4.69, 9.17) is 15.2 Å². The van der Waals surface area contributed by atoms with Crippen molar-refractivity contribution in [3.05, 3.63) is 53.6 Å². The summed E-state index contributed by atoms with van der Waals surface area (Å²) in [5.74, 6) is -0.400. The molecule has 2 aromatic carbocycles. The molecule has 0 spiro atoms. The molecule has 0 aromatic heterocycles. The Kier molecular flexibility index (Phi) is 4.79. The number of nitrogens with two attached hydrogens (primary N) is 1. The monoisotopic (exact) mass is 286 g/mol. The lowest BCUT2D eigenvalue weighted by Crippen LogP contribution is -2.05. The molecule has 0 aliphatic rings. The summed E-state index contributed by atoms with van der Waals surface area (Å²) in [7, 11) is 2.99. The minimum absolute atomic E-state index is 0.400. The number of methoxy groups -OCH3 is 2. The number of rotatable bonds is 5. The topological polar surface area (TPSA) is 73.6 Å². The number of hydrogen-bond donors (Lipinski definition) is 2. The molecule has 0 aliphatic heterocycles. The molecule has 0 saturated carbocycles. The largest absolute Gasteiger partial charge is 0.465 e. The molecule has 0 unspecified atom stereocenters. The van der Waals surface area contributed by atoms with Crippen LogP contribution in [0.3, 0.4) is 0 Å². The number of hydrogen-bond acceptors (Lipinski definition) is 5. The van der Waals surface area contributed by atoms with Crippen LogP contribution in [0.1, 0.15) is 15.9 Å². The molecule has 0 saturated heterocycles. The fourth-order valence-corrected chi connectivity index (χ4v) is 1.98. The maximum Gasteiger partial charge on any atom is 0.337 e. The van der Waals surface area contributed by atoms with Crippen molar-refractivity contribution in [2.24, 2.45) is 0 Å². The van der Waals surface area contributed by atoms with Crippen molar-refractivity contribution in [1.82, 2.24) is 0 Å². The normalized spacial score (nSPS) is 10.2. The van der Waals surface area contributed by atoms with Gasteiger partial charge in [0.2, 0.25) is 0 Å². The lowest BCUT2D eigenvalue weighted by molar-refractivity contribution is 0.0601. The molecule has 110 valence electrons. The predicted octanol–water partition coefficient (Wildman–Crippen LogP) is 2.95. The lowest BCUT2D eigenvalue weighted by Gasteiger charge is -2.14. The zero-order chi connectivity index (χ0) is 15.2. The second-order valence-corrected chi connectivity index (χ2v) is 4.51. The molecule has 5 nitrogen and oxygen atoms in total. The molecule has 2 rings (SSSR count). The fourth-order valence-electron chi connectivity index (χ4n) is 1.98. The Morgan fingerprint density at radius 2 is 1.90 bits per heavy atom. The Morgan fingerprint density at radius 3 is 2.62 bits per heavy atom. The summed E-state index contributed by atoms with van der Waals surface area (Å²) in [6, 6.07) is 12.7. The van der Waals surface area contributed by atoms with Gasteiger partial charge in [0.1, 0.15) is 0 Å². The van der Waals surface area contributed by atoms with E-state index in [2.05, 4.69) is 5.32 Å². The van der Waals surface area contributed by atoms with Crippen LogP contribution in [-0.4, -0.2) is 20.2 Å². The maximum absolute atomic E-state index is 11.6. The Labute approximate surface area is 123 Å². The zero-order valence-electron chi connectivity index (χ0n) is 12.1. The van der Waals surface area contributed by atoms with E-state index in [1.54, 1.807) is 25.3 Å². The SMILES string of the molecule is COCc1ccccc1Nc1cc(C(=O)OC)ccc1N. The van der Waals surface area contributed by atoms with Gasteiger partial charge in [-0.1, -0.05) is 18.2 Å².